The van der Waals surface area contributed by atoms with Crippen molar-refractivity contribution in [3.63, 3.8) is 0 Å². The molecule has 1 saturated carbocycles. The van der Waals surface area contributed by atoms with Crippen LogP contribution in [0.1, 0.15) is 24.8 Å². The first-order valence-electron chi connectivity index (χ1n) is 5.85. The maximum Gasteiger partial charge on any atom is 0.0819 e. The Labute approximate surface area is 101 Å². The third kappa shape index (κ3) is 2.69. The van der Waals surface area contributed by atoms with Crippen molar-refractivity contribution in [3.8, 4) is 6.07 Å². The van der Waals surface area contributed by atoms with Gasteiger partial charge in [0.15, 0.2) is 0 Å². The molecule has 0 spiro atoms. The molecule has 0 aliphatic heterocycles. The number of rotatable bonds is 4. The fourth-order valence-corrected chi connectivity index (χ4v) is 1.98. The van der Waals surface area contributed by atoms with Gasteiger partial charge < -0.3 is 16.2 Å². The number of aliphatic hydroxyl groups is 1. The Balaban J connectivity index is 2.01. The van der Waals surface area contributed by atoms with Crippen molar-refractivity contribution in [2.45, 2.75) is 31.3 Å². The van der Waals surface area contributed by atoms with Crippen molar-refractivity contribution in [2.75, 3.05) is 17.6 Å². The van der Waals surface area contributed by atoms with Crippen molar-refractivity contribution in [1.29, 1.82) is 5.26 Å². The quantitative estimate of drug-likeness (QED) is 0.688. The second kappa shape index (κ2) is 4.64. The molecule has 0 heterocycles. The number of nitriles is 1. The molecule has 1 fully saturated rings. The molecular weight excluding hydrogens is 214 g/mol. The van der Waals surface area contributed by atoms with Gasteiger partial charge in [0, 0.05) is 17.9 Å². The number of nitrogens with zero attached hydrogens (tertiary/aromatic N) is 1. The lowest BCUT2D eigenvalue weighted by molar-refractivity contribution is -0.0201. The third-order valence-electron chi connectivity index (χ3n) is 3.32. The van der Waals surface area contributed by atoms with E-state index in [1.807, 2.05) is 12.1 Å². The van der Waals surface area contributed by atoms with Crippen molar-refractivity contribution in [1.82, 2.24) is 0 Å². The summed E-state index contributed by atoms with van der Waals surface area (Å²) in [4.78, 5) is 0. The van der Waals surface area contributed by atoms with E-state index >= 15 is 0 Å². The lowest BCUT2D eigenvalue weighted by Gasteiger charge is -2.36. The first-order chi connectivity index (χ1) is 8.13. The Morgan fingerprint density at radius 3 is 2.82 bits per heavy atom. The zero-order chi connectivity index (χ0) is 12.3. The van der Waals surface area contributed by atoms with Gasteiger partial charge in [-0.3, -0.25) is 0 Å². The maximum atomic E-state index is 9.96. The van der Waals surface area contributed by atoms with E-state index in [0.29, 0.717) is 18.7 Å². The molecule has 0 radical (unpaired) electrons. The SMILES string of the molecule is N#CCc1cc(NCC2(O)CCC2)ccc1N. The second-order valence-corrected chi connectivity index (χ2v) is 4.68. The summed E-state index contributed by atoms with van der Waals surface area (Å²) in [6, 6.07) is 7.63. The highest BCUT2D eigenvalue weighted by molar-refractivity contribution is 5.58. The molecule has 0 amide bonds. The first-order valence-corrected chi connectivity index (χ1v) is 5.85. The van der Waals surface area contributed by atoms with Crippen LogP contribution in [0, 0.1) is 11.3 Å². The lowest BCUT2D eigenvalue weighted by Crippen LogP contribution is -2.43. The van der Waals surface area contributed by atoms with E-state index in [4.69, 9.17) is 11.0 Å². The Morgan fingerprint density at radius 2 is 2.24 bits per heavy atom. The summed E-state index contributed by atoms with van der Waals surface area (Å²) in [5.41, 5.74) is 7.60. The average Bonchev–Trinajstić information content (AvgIpc) is 2.28. The van der Waals surface area contributed by atoms with Gasteiger partial charge in [-0.05, 0) is 43.0 Å². The zero-order valence-corrected chi connectivity index (χ0v) is 9.74. The van der Waals surface area contributed by atoms with Crippen molar-refractivity contribution >= 4 is 11.4 Å². The van der Waals surface area contributed by atoms with Gasteiger partial charge in [0.1, 0.15) is 0 Å². The predicted molar refractivity (Wildman–Crippen MR) is 67.5 cm³/mol. The van der Waals surface area contributed by atoms with Crippen LogP contribution in [0.5, 0.6) is 0 Å². The van der Waals surface area contributed by atoms with Crippen LogP contribution in [0.3, 0.4) is 0 Å². The van der Waals surface area contributed by atoms with Gasteiger partial charge in [-0.1, -0.05) is 0 Å². The van der Waals surface area contributed by atoms with Gasteiger partial charge in [-0.25, -0.2) is 0 Å². The van der Waals surface area contributed by atoms with Crippen LogP contribution in [0.2, 0.25) is 0 Å². The summed E-state index contributed by atoms with van der Waals surface area (Å²) in [6.07, 6.45) is 3.13. The Kier molecular flexibility index (Phi) is 3.21. The molecule has 90 valence electrons. The summed E-state index contributed by atoms with van der Waals surface area (Å²) in [7, 11) is 0. The van der Waals surface area contributed by atoms with Gasteiger partial charge in [0.05, 0.1) is 18.1 Å². The number of hydrogen-bond acceptors (Lipinski definition) is 4. The van der Waals surface area contributed by atoms with Gasteiger partial charge in [0.25, 0.3) is 0 Å². The number of nitrogens with one attached hydrogen (secondary N) is 1. The summed E-state index contributed by atoms with van der Waals surface area (Å²) in [6.45, 7) is 0.558. The fourth-order valence-electron chi connectivity index (χ4n) is 1.98. The highest BCUT2D eigenvalue weighted by atomic mass is 16.3. The van der Waals surface area contributed by atoms with E-state index in [1.54, 1.807) is 6.07 Å². The Morgan fingerprint density at radius 1 is 1.47 bits per heavy atom. The number of nitrogens with two attached hydrogens (primary N) is 1. The van der Waals surface area contributed by atoms with Crippen LogP contribution in [0.15, 0.2) is 18.2 Å². The number of anilines is 2. The van der Waals surface area contributed by atoms with E-state index in [1.165, 1.54) is 0 Å². The zero-order valence-electron chi connectivity index (χ0n) is 9.74. The van der Waals surface area contributed by atoms with Crippen molar-refractivity contribution in [2.24, 2.45) is 0 Å². The molecule has 1 aromatic rings. The first kappa shape index (κ1) is 11.7. The van der Waals surface area contributed by atoms with Gasteiger partial charge >= 0.3 is 0 Å². The van der Waals surface area contributed by atoms with Gasteiger partial charge in [-0.2, -0.15) is 5.26 Å². The molecule has 0 aromatic heterocycles. The molecule has 0 saturated heterocycles. The summed E-state index contributed by atoms with van der Waals surface area (Å²) in [5.74, 6) is 0. The van der Waals surface area contributed by atoms with E-state index in [-0.39, 0.29) is 0 Å². The number of hydrogen-bond donors (Lipinski definition) is 3. The van der Waals surface area contributed by atoms with Gasteiger partial charge in [-0.15, -0.1) is 0 Å². The molecule has 4 N–H and O–H groups in total. The molecule has 4 nitrogen and oxygen atoms in total. The van der Waals surface area contributed by atoms with Crippen molar-refractivity contribution < 1.29 is 5.11 Å². The number of nitrogen functional groups attached to an aromatic ring is 1. The standard InChI is InChI=1S/C13H17N3O/c14-7-4-10-8-11(2-3-12(10)15)16-9-13(17)5-1-6-13/h2-3,8,16-17H,1,4-6,9,15H2. The molecule has 0 bridgehead atoms. The van der Waals surface area contributed by atoms with Crippen LogP contribution < -0.4 is 11.1 Å². The van der Waals surface area contributed by atoms with Gasteiger partial charge in [0.2, 0.25) is 0 Å². The van der Waals surface area contributed by atoms with Crippen LogP contribution >= 0.6 is 0 Å². The Bertz CT molecular complexity index is 446. The molecule has 1 aliphatic carbocycles. The third-order valence-corrected chi connectivity index (χ3v) is 3.32. The minimum Gasteiger partial charge on any atom is -0.398 e. The highest BCUT2D eigenvalue weighted by Gasteiger charge is 2.33. The van der Waals surface area contributed by atoms with E-state index in [0.717, 1.165) is 30.5 Å². The van der Waals surface area contributed by atoms with Crippen LogP contribution in [-0.2, 0) is 6.42 Å². The predicted octanol–water partition coefficient (Wildman–Crippen LogP) is 1.66. The largest absolute Gasteiger partial charge is 0.398 e. The smallest absolute Gasteiger partial charge is 0.0819 e. The molecular formula is C13H17N3O. The molecule has 0 atom stereocenters. The monoisotopic (exact) mass is 231 g/mol. The lowest BCUT2D eigenvalue weighted by atomic mass is 9.80. The summed E-state index contributed by atoms with van der Waals surface area (Å²) in [5, 5.41) is 21.8. The summed E-state index contributed by atoms with van der Waals surface area (Å²) >= 11 is 0. The molecule has 2 rings (SSSR count). The molecule has 4 heteroatoms. The van der Waals surface area contributed by atoms with Crippen LogP contribution in [0.4, 0.5) is 11.4 Å². The second-order valence-electron chi connectivity index (χ2n) is 4.68. The topological polar surface area (TPSA) is 82.1 Å². The van der Waals surface area contributed by atoms with E-state index in [2.05, 4.69) is 11.4 Å². The van der Waals surface area contributed by atoms with E-state index in [9.17, 15) is 5.11 Å². The minimum absolute atomic E-state index is 0.311. The molecule has 17 heavy (non-hydrogen) atoms. The Hall–Kier alpha value is -1.73. The molecule has 1 aromatic carbocycles. The minimum atomic E-state index is -0.545. The molecule has 1 aliphatic rings. The van der Waals surface area contributed by atoms with E-state index < -0.39 is 5.60 Å². The highest BCUT2D eigenvalue weighted by Crippen LogP contribution is 2.31. The fraction of sp³-hybridized carbons (Fsp3) is 0.462. The maximum absolute atomic E-state index is 9.96. The number of benzene rings is 1. The van der Waals surface area contributed by atoms with Crippen molar-refractivity contribution in [3.05, 3.63) is 23.8 Å². The summed E-state index contributed by atoms with van der Waals surface area (Å²) < 4.78 is 0. The average molecular weight is 231 g/mol. The normalized spacial score (nSPS) is 16.9. The van der Waals surface area contributed by atoms with Crippen LogP contribution in [-0.4, -0.2) is 17.3 Å². The molecule has 0 unspecified atom stereocenters. The van der Waals surface area contributed by atoms with Crippen LogP contribution in [0.25, 0.3) is 0 Å².